The Hall–Kier alpha value is -3.05. The van der Waals surface area contributed by atoms with Crippen LogP contribution in [-0.2, 0) is 19.0 Å². The first-order valence-electron chi connectivity index (χ1n) is 6.92. The maximum atomic E-state index is 12.9. The van der Waals surface area contributed by atoms with Gasteiger partial charge in [0, 0.05) is 6.07 Å². The van der Waals surface area contributed by atoms with Crippen molar-refractivity contribution in [2.75, 3.05) is 5.73 Å². The van der Waals surface area contributed by atoms with Crippen molar-refractivity contribution in [2.45, 2.75) is 19.0 Å². The van der Waals surface area contributed by atoms with Crippen LogP contribution in [0.2, 0.25) is 0 Å². The predicted molar refractivity (Wildman–Crippen MR) is 76.9 cm³/mol. The number of hydrogen-bond acceptors (Lipinski definition) is 5. The number of ether oxygens (including phenoxy) is 1. The molecule has 3 N–H and O–H groups in total. The Morgan fingerprint density at radius 3 is 2.12 bits per heavy atom. The van der Waals surface area contributed by atoms with Gasteiger partial charge in [-0.05, 0) is 23.8 Å². The van der Waals surface area contributed by atoms with E-state index in [1.54, 1.807) is 0 Å². The van der Waals surface area contributed by atoms with Crippen molar-refractivity contribution in [1.82, 2.24) is 20.4 Å². The van der Waals surface area contributed by atoms with Crippen LogP contribution in [0.1, 0.15) is 16.7 Å². The van der Waals surface area contributed by atoms with Gasteiger partial charge in [-0.3, -0.25) is 0 Å². The van der Waals surface area contributed by atoms with Crippen molar-refractivity contribution in [1.29, 1.82) is 0 Å². The van der Waals surface area contributed by atoms with E-state index in [9.17, 15) is 26.3 Å². The molecule has 3 aromatic rings. The number of alkyl halides is 6. The van der Waals surface area contributed by atoms with Crippen LogP contribution < -0.4 is 10.5 Å². The summed E-state index contributed by atoms with van der Waals surface area (Å²) >= 11 is 0. The van der Waals surface area contributed by atoms with Crippen molar-refractivity contribution < 1.29 is 31.1 Å². The van der Waals surface area contributed by atoms with E-state index < -0.39 is 30.1 Å². The molecule has 2 heterocycles. The maximum Gasteiger partial charge on any atom is 0.416 e. The molecule has 0 spiro atoms. The predicted octanol–water partition coefficient (Wildman–Crippen LogP) is 3.55. The second-order valence-corrected chi connectivity index (χ2v) is 5.24. The maximum absolute atomic E-state index is 12.9. The van der Waals surface area contributed by atoms with Crippen LogP contribution in [0, 0.1) is 0 Å². The summed E-state index contributed by atoms with van der Waals surface area (Å²) in [6.45, 7) is -0.571. The third-order valence-electron chi connectivity index (χ3n) is 3.32. The molecule has 0 saturated heterocycles. The lowest BCUT2D eigenvalue weighted by Crippen LogP contribution is -2.12. The average molecular weight is 377 g/mol. The highest BCUT2D eigenvalue weighted by Crippen LogP contribution is 2.36. The van der Waals surface area contributed by atoms with Gasteiger partial charge < -0.3 is 10.5 Å². The van der Waals surface area contributed by atoms with Crippen LogP contribution >= 0.6 is 0 Å². The van der Waals surface area contributed by atoms with Gasteiger partial charge in [-0.1, -0.05) is 0 Å². The fraction of sp³-hybridized carbons (Fsp3) is 0.214. The van der Waals surface area contributed by atoms with Crippen molar-refractivity contribution in [3.63, 3.8) is 0 Å². The summed E-state index contributed by atoms with van der Waals surface area (Å²) in [5.41, 5.74) is 2.61. The van der Waals surface area contributed by atoms with E-state index in [1.165, 1.54) is 6.07 Å². The molecule has 6 nitrogen and oxygen atoms in total. The molecule has 0 atom stereocenters. The van der Waals surface area contributed by atoms with Crippen LogP contribution in [0.4, 0.5) is 32.2 Å². The largest absolute Gasteiger partial charge is 0.486 e. The number of fused-ring (bicyclic) bond motifs is 1. The van der Waals surface area contributed by atoms with Gasteiger partial charge in [0.15, 0.2) is 11.3 Å². The topological polar surface area (TPSA) is 89.7 Å². The van der Waals surface area contributed by atoms with Gasteiger partial charge in [0.25, 0.3) is 0 Å². The molecule has 0 radical (unpaired) electrons. The zero-order chi connectivity index (χ0) is 19.1. The molecule has 0 fully saturated rings. The SMILES string of the molecule is Nc1cc(OCc2cc(C(F)(F)F)cc(C(F)(F)F)c2)c2n[nH]nc2n1. The summed E-state index contributed by atoms with van der Waals surface area (Å²) in [6, 6.07) is 2.45. The summed E-state index contributed by atoms with van der Waals surface area (Å²) < 4.78 is 82.5. The second-order valence-electron chi connectivity index (χ2n) is 5.24. The molecule has 0 aliphatic heterocycles. The minimum absolute atomic E-state index is 0.00132. The molecular weight excluding hydrogens is 368 g/mol. The number of nitrogens with one attached hydrogen (secondary N) is 1. The molecule has 0 aliphatic carbocycles. The molecule has 26 heavy (non-hydrogen) atoms. The number of aromatic amines is 1. The first-order valence-corrected chi connectivity index (χ1v) is 6.92. The summed E-state index contributed by atoms with van der Waals surface area (Å²) in [4.78, 5) is 3.84. The minimum Gasteiger partial charge on any atom is -0.486 e. The Balaban J connectivity index is 1.95. The van der Waals surface area contributed by atoms with Crippen molar-refractivity contribution >= 4 is 17.0 Å². The van der Waals surface area contributed by atoms with E-state index in [2.05, 4.69) is 20.4 Å². The van der Waals surface area contributed by atoms with Crippen LogP contribution in [0.15, 0.2) is 24.3 Å². The number of nitrogen functional groups attached to an aromatic ring is 1. The second kappa shape index (κ2) is 6.04. The van der Waals surface area contributed by atoms with E-state index in [-0.39, 0.29) is 34.4 Å². The lowest BCUT2D eigenvalue weighted by atomic mass is 10.1. The quantitative estimate of drug-likeness (QED) is 0.682. The summed E-state index contributed by atoms with van der Waals surface area (Å²) in [7, 11) is 0. The summed E-state index contributed by atoms with van der Waals surface area (Å²) in [5.74, 6) is 0.0219. The number of nitrogens with two attached hydrogens (primary N) is 1. The van der Waals surface area contributed by atoms with E-state index in [0.717, 1.165) is 0 Å². The molecule has 3 rings (SSSR count). The lowest BCUT2D eigenvalue weighted by molar-refractivity contribution is -0.143. The molecule has 0 bridgehead atoms. The van der Waals surface area contributed by atoms with E-state index >= 15 is 0 Å². The fourth-order valence-electron chi connectivity index (χ4n) is 2.20. The molecule has 2 aromatic heterocycles. The highest BCUT2D eigenvalue weighted by atomic mass is 19.4. The van der Waals surface area contributed by atoms with Crippen LogP contribution in [0.3, 0.4) is 0 Å². The van der Waals surface area contributed by atoms with Crippen LogP contribution in [0.5, 0.6) is 5.75 Å². The van der Waals surface area contributed by atoms with Crippen molar-refractivity contribution in [3.8, 4) is 5.75 Å². The number of H-pyrrole nitrogens is 1. The van der Waals surface area contributed by atoms with Crippen molar-refractivity contribution in [2.24, 2.45) is 0 Å². The number of nitrogens with zero attached hydrogens (tertiary/aromatic N) is 3. The number of rotatable bonds is 3. The van der Waals surface area contributed by atoms with E-state index in [4.69, 9.17) is 10.5 Å². The monoisotopic (exact) mass is 377 g/mol. The average Bonchev–Trinajstić information content (AvgIpc) is 2.98. The van der Waals surface area contributed by atoms with Gasteiger partial charge >= 0.3 is 12.4 Å². The van der Waals surface area contributed by atoms with Crippen LogP contribution in [-0.4, -0.2) is 20.4 Å². The molecule has 138 valence electrons. The zero-order valence-electron chi connectivity index (χ0n) is 12.6. The first kappa shape index (κ1) is 17.8. The highest BCUT2D eigenvalue weighted by Gasteiger charge is 2.36. The number of halogens is 6. The highest BCUT2D eigenvalue weighted by molar-refractivity contribution is 5.78. The third kappa shape index (κ3) is 3.63. The van der Waals surface area contributed by atoms with Gasteiger partial charge in [-0.25, -0.2) is 4.98 Å². The molecule has 0 unspecified atom stereocenters. The Morgan fingerprint density at radius 1 is 0.923 bits per heavy atom. The third-order valence-corrected chi connectivity index (χ3v) is 3.32. The Morgan fingerprint density at radius 2 is 1.54 bits per heavy atom. The van der Waals surface area contributed by atoms with Gasteiger partial charge in [0.2, 0.25) is 5.65 Å². The lowest BCUT2D eigenvalue weighted by Gasteiger charge is -2.14. The van der Waals surface area contributed by atoms with Gasteiger partial charge in [-0.15, -0.1) is 5.10 Å². The zero-order valence-corrected chi connectivity index (χ0v) is 12.6. The van der Waals surface area contributed by atoms with Crippen molar-refractivity contribution in [3.05, 3.63) is 41.0 Å². The summed E-state index contributed by atoms with van der Waals surface area (Å²) in [6.07, 6.45) is -9.87. The van der Waals surface area contributed by atoms with Crippen LogP contribution in [0.25, 0.3) is 11.2 Å². The number of hydrogen-bond donors (Lipinski definition) is 2. The normalized spacial score (nSPS) is 12.5. The van der Waals surface area contributed by atoms with Gasteiger partial charge in [0.05, 0.1) is 11.1 Å². The van der Waals surface area contributed by atoms with E-state index in [0.29, 0.717) is 12.1 Å². The Bertz CT molecular complexity index is 917. The number of benzene rings is 1. The first-order chi connectivity index (χ1) is 12.0. The molecular formula is C14H9F6N5O. The molecule has 0 amide bonds. The molecule has 12 heteroatoms. The van der Waals surface area contributed by atoms with E-state index in [1.807, 2.05) is 0 Å². The standard InChI is InChI=1S/C14H9F6N5O/c15-13(16,17)7-1-6(2-8(3-7)14(18,19)20)5-26-9-4-10(21)22-12-11(9)23-25-24-12/h1-4H,5H2,(H3,21,22,23,24,25). The molecule has 0 aliphatic rings. The minimum atomic E-state index is -4.93. The number of pyridine rings is 1. The number of aromatic nitrogens is 4. The summed E-state index contributed by atoms with van der Waals surface area (Å²) in [5, 5.41) is 9.70. The Kier molecular flexibility index (Phi) is 4.12. The fourth-order valence-corrected chi connectivity index (χ4v) is 2.20. The van der Waals surface area contributed by atoms with Gasteiger partial charge in [0.1, 0.15) is 12.4 Å². The number of anilines is 1. The van der Waals surface area contributed by atoms with Gasteiger partial charge in [-0.2, -0.15) is 36.7 Å². The Labute approximate surface area is 141 Å². The molecule has 0 saturated carbocycles. The molecule has 1 aromatic carbocycles. The smallest absolute Gasteiger partial charge is 0.416 e.